The molecule has 2 rings (SSSR count). The topological polar surface area (TPSA) is 52.6 Å². The van der Waals surface area contributed by atoms with Crippen LogP contribution in [0.2, 0.25) is 5.02 Å². The van der Waals surface area contributed by atoms with Crippen LogP contribution in [0.4, 0.5) is 5.69 Å². The highest BCUT2D eigenvalue weighted by atomic mass is 35.5. The lowest BCUT2D eigenvalue weighted by Gasteiger charge is -2.27. The first-order chi connectivity index (χ1) is 10.1. The van der Waals surface area contributed by atoms with Crippen molar-refractivity contribution in [3.05, 3.63) is 28.8 Å². The van der Waals surface area contributed by atoms with Crippen molar-refractivity contribution in [2.24, 2.45) is 0 Å². The third-order valence-corrected chi connectivity index (χ3v) is 4.53. The molecule has 1 aromatic rings. The summed E-state index contributed by atoms with van der Waals surface area (Å²) in [6.07, 6.45) is 4.65. The number of hydrogen-bond acceptors (Lipinski definition) is 3. The Morgan fingerprint density at radius 3 is 2.81 bits per heavy atom. The van der Waals surface area contributed by atoms with Gasteiger partial charge >= 0.3 is 0 Å². The van der Waals surface area contributed by atoms with Gasteiger partial charge in [0.2, 0.25) is 5.91 Å². The highest BCUT2D eigenvalue weighted by Gasteiger charge is 2.24. The smallest absolute Gasteiger partial charge is 0.238 e. The van der Waals surface area contributed by atoms with E-state index >= 15 is 0 Å². The molecule has 116 valence electrons. The standard InChI is InChI=1S/C16H23ClN2O2/c1-12-14(17)7-4-8-15(12)18-16(21)11-19(9-10-20)13-5-2-3-6-13/h4,7-8,13,20H,2-3,5-6,9-11H2,1H3,(H,18,21). The van der Waals surface area contributed by atoms with Crippen LogP contribution in [0.25, 0.3) is 0 Å². The summed E-state index contributed by atoms with van der Waals surface area (Å²) in [6.45, 7) is 2.84. The number of carbonyl (C=O) groups is 1. The summed E-state index contributed by atoms with van der Waals surface area (Å²) in [5.74, 6) is -0.0549. The van der Waals surface area contributed by atoms with Gasteiger partial charge in [0, 0.05) is 23.3 Å². The third kappa shape index (κ3) is 4.43. The van der Waals surface area contributed by atoms with Gasteiger partial charge < -0.3 is 10.4 Å². The number of aliphatic hydroxyl groups is 1. The molecule has 0 spiro atoms. The zero-order valence-electron chi connectivity index (χ0n) is 12.4. The minimum absolute atomic E-state index is 0.0549. The highest BCUT2D eigenvalue weighted by Crippen LogP contribution is 2.24. The number of benzene rings is 1. The minimum atomic E-state index is -0.0549. The molecule has 0 bridgehead atoms. The van der Waals surface area contributed by atoms with E-state index in [1.165, 1.54) is 12.8 Å². The second-order valence-corrected chi connectivity index (χ2v) is 6.00. The summed E-state index contributed by atoms with van der Waals surface area (Å²) in [6, 6.07) is 5.91. The first-order valence-electron chi connectivity index (χ1n) is 7.51. The van der Waals surface area contributed by atoms with Crippen LogP contribution in [0.1, 0.15) is 31.2 Å². The van der Waals surface area contributed by atoms with E-state index < -0.39 is 0 Å². The van der Waals surface area contributed by atoms with Gasteiger partial charge in [-0.3, -0.25) is 9.69 Å². The zero-order chi connectivity index (χ0) is 15.2. The number of aliphatic hydroxyl groups excluding tert-OH is 1. The van der Waals surface area contributed by atoms with E-state index in [2.05, 4.69) is 10.2 Å². The van der Waals surface area contributed by atoms with Crippen LogP contribution < -0.4 is 5.32 Å². The van der Waals surface area contributed by atoms with Gasteiger partial charge in [-0.25, -0.2) is 0 Å². The number of hydrogen-bond donors (Lipinski definition) is 2. The van der Waals surface area contributed by atoms with Crippen LogP contribution in [0, 0.1) is 6.92 Å². The van der Waals surface area contributed by atoms with Crippen molar-refractivity contribution >= 4 is 23.2 Å². The van der Waals surface area contributed by atoms with Crippen molar-refractivity contribution in [3.63, 3.8) is 0 Å². The number of amides is 1. The van der Waals surface area contributed by atoms with Gasteiger partial charge in [-0.15, -0.1) is 0 Å². The first-order valence-corrected chi connectivity index (χ1v) is 7.89. The fourth-order valence-electron chi connectivity index (χ4n) is 2.91. The van der Waals surface area contributed by atoms with Crippen LogP contribution in [-0.2, 0) is 4.79 Å². The Bertz CT molecular complexity index is 487. The van der Waals surface area contributed by atoms with E-state index in [9.17, 15) is 9.90 Å². The summed E-state index contributed by atoms with van der Waals surface area (Å²) in [7, 11) is 0. The fourth-order valence-corrected chi connectivity index (χ4v) is 3.08. The summed E-state index contributed by atoms with van der Waals surface area (Å²) in [4.78, 5) is 14.3. The number of nitrogens with zero attached hydrogens (tertiary/aromatic N) is 1. The molecule has 1 aliphatic carbocycles. The Kier molecular flexibility index (Phi) is 6.03. The summed E-state index contributed by atoms with van der Waals surface area (Å²) >= 11 is 6.06. The van der Waals surface area contributed by atoms with Gasteiger partial charge in [0.05, 0.1) is 13.2 Å². The maximum Gasteiger partial charge on any atom is 0.238 e. The summed E-state index contributed by atoms with van der Waals surface area (Å²) in [5, 5.41) is 12.8. The summed E-state index contributed by atoms with van der Waals surface area (Å²) < 4.78 is 0. The molecule has 1 saturated carbocycles. The van der Waals surface area contributed by atoms with E-state index in [0.29, 0.717) is 24.2 Å². The number of carbonyl (C=O) groups excluding carboxylic acids is 1. The van der Waals surface area contributed by atoms with Crippen molar-refractivity contribution in [1.82, 2.24) is 4.90 Å². The number of halogens is 1. The second kappa shape index (κ2) is 7.78. The summed E-state index contributed by atoms with van der Waals surface area (Å²) in [5.41, 5.74) is 1.63. The normalized spacial score (nSPS) is 15.6. The van der Waals surface area contributed by atoms with Gasteiger partial charge in [0.15, 0.2) is 0 Å². The molecule has 0 saturated heterocycles. The van der Waals surface area contributed by atoms with Crippen molar-refractivity contribution in [1.29, 1.82) is 0 Å². The molecule has 1 fully saturated rings. The zero-order valence-corrected chi connectivity index (χ0v) is 13.2. The second-order valence-electron chi connectivity index (χ2n) is 5.59. The molecule has 1 amide bonds. The van der Waals surface area contributed by atoms with Crippen LogP contribution in [0.15, 0.2) is 18.2 Å². The molecule has 1 aliphatic rings. The Hall–Kier alpha value is -1.10. The molecule has 0 unspecified atom stereocenters. The van der Waals surface area contributed by atoms with Crippen molar-refractivity contribution in [2.75, 3.05) is 25.0 Å². The van der Waals surface area contributed by atoms with E-state index in [1.54, 1.807) is 0 Å². The van der Waals surface area contributed by atoms with Crippen LogP contribution in [0.3, 0.4) is 0 Å². The maximum absolute atomic E-state index is 12.2. The lowest BCUT2D eigenvalue weighted by molar-refractivity contribution is -0.118. The molecule has 0 aromatic heterocycles. The monoisotopic (exact) mass is 310 g/mol. The number of anilines is 1. The van der Waals surface area contributed by atoms with Crippen molar-refractivity contribution < 1.29 is 9.90 Å². The molecule has 2 N–H and O–H groups in total. The van der Waals surface area contributed by atoms with E-state index in [1.807, 2.05) is 25.1 Å². The molecule has 0 heterocycles. The van der Waals surface area contributed by atoms with Gasteiger partial charge in [-0.1, -0.05) is 30.5 Å². The predicted octanol–water partition coefficient (Wildman–Crippen LogP) is 2.82. The van der Waals surface area contributed by atoms with E-state index in [4.69, 9.17) is 11.6 Å². The van der Waals surface area contributed by atoms with Crippen molar-refractivity contribution in [2.45, 2.75) is 38.6 Å². The first kappa shape index (κ1) is 16.3. The third-order valence-electron chi connectivity index (χ3n) is 4.12. The fraction of sp³-hybridized carbons (Fsp3) is 0.562. The Labute approximate surface area is 131 Å². The maximum atomic E-state index is 12.2. The van der Waals surface area contributed by atoms with Gasteiger partial charge in [0.1, 0.15) is 0 Å². The lowest BCUT2D eigenvalue weighted by Crippen LogP contribution is -2.41. The number of rotatable bonds is 6. The molecular formula is C16H23ClN2O2. The van der Waals surface area contributed by atoms with Crippen LogP contribution >= 0.6 is 11.6 Å². The highest BCUT2D eigenvalue weighted by molar-refractivity contribution is 6.31. The SMILES string of the molecule is Cc1c(Cl)cccc1NC(=O)CN(CCO)C1CCCC1. The molecule has 5 heteroatoms. The average molecular weight is 311 g/mol. The Morgan fingerprint density at radius 2 is 2.14 bits per heavy atom. The Morgan fingerprint density at radius 1 is 1.43 bits per heavy atom. The van der Waals surface area contributed by atoms with Gasteiger partial charge in [0.25, 0.3) is 0 Å². The molecule has 0 radical (unpaired) electrons. The predicted molar refractivity (Wildman–Crippen MR) is 85.7 cm³/mol. The molecular weight excluding hydrogens is 288 g/mol. The van der Waals surface area contributed by atoms with Gasteiger partial charge in [-0.05, 0) is 37.5 Å². The lowest BCUT2D eigenvalue weighted by atomic mass is 10.2. The molecule has 1 aromatic carbocycles. The average Bonchev–Trinajstić information content (AvgIpc) is 2.97. The largest absolute Gasteiger partial charge is 0.395 e. The van der Waals surface area contributed by atoms with Gasteiger partial charge in [-0.2, -0.15) is 0 Å². The van der Waals surface area contributed by atoms with E-state index in [0.717, 1.165) is 24.1 Å². The number of nitrogens with one attached hydrogen (secondary N) is 1. The van der Waals surface area contributed by atoms with Crippen molar-refractivity contribution in [3.8, 4) is 0 Å². The van der Waals surface area contributed by atoms with Crippen LogP contribution in [0.5, 0.6) is 0 Å². The molecule has 21 heavy (non-hydrogen) atoms. The van der Waals surface area contributed by atoms with E-state index in [-0.39, 0.29) is 12.5 Å². The Balaban J connectivity index is 1.96. The minimum Gasteiger partial charge on any atom is -0.395 e. The molecule has 0 aliphatic heterocycles. The molecule has 4 nitrogen and oxygen atoms in total. The quantitative estimate of drug-likeness (QED) is 0.849. The van der Waals surface area contributed by atoms with Crippen LogP contribution in [-0.4, -0.2) is 41.7 Å². The molecule has 0 atom stereocenters.